The van der Waals surface area contributed by atoms with Gasteiger partial charge in [-0.05, 0) is 18.6 Å². The Morgan fingerprint density at radius 2 is 2.13 bits per heavy atom. The van der Waals surface area contributed by atoms with Crippen molar-refractivity contribution in [2.24, 2.45) is 0 Å². The number of aromatic nitrogens is 3. The number of para-hydroxylation sites is 2. The van der Waals surface area contributed by atoms with E-state index in [0.717, 1.165) is 23.6 Å². The normalized spacial score (nSPS) is 10.3. The maximum atomic E-state index is 5.28. The van der Waals surface area contributed by atoms with Gasteiger partial charge < -0.3 is 4.74 Å². The van der Waals surface area contributed by atoms with E-state index in [2.05, 4.69) is 17.2 Å². The Labute approximate surface area is 88.5 Å². The predicted octanol–water partition coefficient (Wildman–Crippen LogP) is 1.84. The second-order valence-corrected chi connectivity index (χ2v) is 3.16. The van der Waals surface area contributed by atoms with E-state index in [-0.39, 0.29) is 0 Å². The van der Waals surface area contributed by atoms with Crippen molar-refractivity contribution in [3.8, 4) is 11.4 Å². The number of hydrogen-bond acceptors (Lipinski definition) is 3. The molecule has 0 fully saturated rings. The van der Waals surface area contributed by atoms with Gasteiger partial charge in [-0.2, -0.15) is 0 Å². The first kappa shape index (κ1) is 9.71. The number of methoxy groups -OCH3 is 1. The largest absolute Gasteiger partial charge is 0.494 e. The third kappa shape index (κ3) is 1.70. The molecule has 0 saturated carbocycles. The summed E-state index contributed by atoms with van der Waals surface area (Å²) in [6.45, 7) is 2.07. The quantitative estimate of drug-likeness (QED) is 0.764. The van der Waals surface area contributed by atoms with Gasteiger partial charge in [0.15, 0.2) is 0 Å². The fraction of sp³-hybridized carbons (Fsp3) is 0.273. The number of benzene rings is 1. The maximum Gasteiger partial charge on any atom is 0.144 e. The van der Waals surface area contributed by atoms with Crippen LogP contribution in [0.3, 0.4) is 0 Å². The van der Waals surface area contributed by atoms with E-state index in [1.54, 1.807) is 18.0 Å². The first-order chi connectivity index (χ1) is 7.36. The third-order valence-corrected chi connectivity index (χ3v) is 2.30. The lowest BCUT2D eigenvalue weighted by molar-refractivity contribution is 0.411. The summed E-state index contributed by atoms with van der Waals surface area (Å²) in [7, 11) is 1.65. The Hall–Kier alpha value is -1.84. The number of aryl methyl sites for hydroxylation is 1. The smallest absolute Gasteiger partial charge is 0.144 e. The minimum absolute atomic E-state index is 0.803. The maximum absolute atomic E-state index is 5.28. The summed E-state index contributed by atoms with van der Waals surface area (Å²) in [5.41, 5.74) is 1.99. The second-order valence-electron chi connectivity index (χ2n) is 3.16. The molecule has 1 aromatic heterocycles. The summed E-state index contributed by atoms with van der Waals surface area (Å²) in [6.07, 6.45) is 2.66. The van der Waals surface area contributed by atoms with Crippen LogP contribution in [0.4, 0.5) is 0 Å². The van der Waals surface area contributed by atoms with Gasteiger partial charge in [0, 0.05) is 0 Å². The molecule has 0 aliphatic heterocycles. The van der Waals surface area contributed by atoms with Crippen LogP contribution in [0.1, 0.15) is 12.6 Å². The zero-order valence-electron chi connectivity index (χ0n) is 8.84. The molecule has 0 bridgehead atoms. The van der Waals surface area contributed by atoms with Crippen LogP contribution in [0.5, 0.6) is 5.75 Å². The minimum atomic E-state index is 0.803. The number of hydrogen-bond donors (Lipinski definition) is 0. The molecule has 1 aromatic carbocycles. The summed E-state index contributed by atoms with van der Waals surface area (Å²) >= 11 is 0. The van der Waals surface area contributed by atoms with E-state index >= 15 is 0 Å². The lowest BCUT2D eigenvalue weighted by atomic mass is 10.2. The molecular weight excluding hydrogens is 190 g/mol. The molecule has 0 aliphatic carbocycles. The molecule has 0 aliphatic rings. The number of rotatable bonds is 3. The van der Waals surface area contributed by atoms with E-state index in [4.69, 9.17) is 4.74 Å². The van der Waals surface area contributed by atoms with Gasteiger partial charge in [0.25, 0.3) is 0 Å². The van der Waals surface area contributed by atoms with Crippen LogP contribution in [-0.4, -0.2) is 22.1 Å². The van der Waals surface area contributed by atoms with Crippen LogP contribution in [0.2, 0.25) is 0 Å². The standard InChI is InChI=1S/C11H13N3O/c1-3-9-8-12-13-14(9)10-6-4-5-7-11(10)15-2/h4-8H,3H2,1-2H3. The molecule has 0 saturated heterocycles. The highest BCUT2D eigenvalue weighted by atomic mass is 16.5. The van der Waals surface area contributed by atoms with Crippen LogP contribution in [0, 0.1) is 0 Å². The molecule has 0 amide bonds. The number of ether oxygens (including phenoxy) is 1. The van der Waals surface area contributed by atoms with Crippen molar-refractivity contribution in [1.82, 2.24) is 15.0 Å². The Balaban J connectivity index is 2.53. The van der Waals surface area contributed by atoms with Crippen LogP contribution >= 0.6 is 0 Å². The van der Waals surface area contributed by atoms with Crippen molar-refractivity contribution in [1.29, 1.82) is 0 Å². The van der Waals surface area contributed by atoms with Gasteiger partial charge in [0.05, 0.1) is 19.0 Å². The van der Waals surface area contributed by atoms with Crippen LogP contribution in [0.25, 0.3) is 5.69 Å². The highest BCUT2D eigenvalue weighted by Crippen LogP contribution is 2.22. The Kier molecular flexibility index (Phi) is 2.67. The van der Waals surface area contributed by atoms with Gasteiger partial charge in [-0.3, -0.25) is 0 Å². The summed E-state index contributed by atoms with van der Waals surface area (Å²) in [6, 6.07) is 7.77. The molecule has 0 unspecified atom stereocenters. The zero-order chi connectivity index (χ0) is 10.7. The van der Waals surface area contributed by atoms with Crippen molar-refractivity contribution in [3.05, 3.63) is 36.2 Å². The van der Waals surface area contributed by atoms with E-state index in [0.29, 0.717) is 0 Å². The first-order valence-corrected chi connectivity index (χ1v) is 4.89. The molecule has 0 spiro atoms. The first-order valence-electron chi connectivity index (χ1n) is 4.89. The molecule has 78 valence electrons. The third-order valence-electron chi connectivity index (χ3n) is 2.30. The van der Waals surface area contributed by atoms with E-state index in [1.165, 1.54) is 0 Å². The van der Waals surface area contributed by atoms with Gasteiger partial charge >= 0.3 is 0 Å². The summed E-state index contributed by atoms with van der Waals surface area (Å²) in [5.74, 6) is 0.803. The highest BCUT2D eigenvalue weighted by molar-refractivity contribution is 5.46. The van der Waals surface area contributed by atoms with Gasteiger partial charge in [-0.15, -0.1) is 5.10 Å². The molecule has 15 heavy (non-hydrogen) atoms. The monoisotopic (exact) mass is 203 g/mol. The topological polar surface area (TPSA) is 39.9 Å². The molecule has 0 atom stereocenters. The van der Waals surface area contributed by atoms with E-state index < -0.39 is 0 Å². The van der Waals surface area contributed by atoms with Crippen molar-refractivity contribution < 1.29 is 4.74 Å². The van der Waals surface area contributed by atoms with Gasteiger partial charge in [-0.1, -0.05) is 24.3 Å². The van der Waals surface area contributed by atoms with Crippen LogP contribution in [-0.2, 0) is 6.42 Å². The fourth-order valence-corrected chi connectivity index (χ4v) is 1.50. The average molecular weight is 203 g/mol. The molecule has 4 nitrogen and oxygen atoms in total. The molecule has 0 radical (unpaired) electrons. The Morgan fingerprint density at radius 1 is 1.33 bits per heavy atom. The summed E-state index contributed by atoms with van der Waals surface area (Å²) < 4.78 is 7.08. The van der Waals surface area contributed by atoms with Crippen LogP contribution < -0.4 is 4.74 Å². The van der Waals surface area contributed by atoms with Gasteiger partial charge in [0.2, 0.25) is 0 Å². The highest BCUT2D eigenvalue weighted by Gasteiger charge is 2.08. The van der Waals surface area contributed by atoms with Crippen molar-refractivity contribution in [2.75, 3.05) is 7.11 Å². The van der Waals surface area contributed by atoms with Crippen molar-refractivity contribution in [2.45, 2.75) is 13.3 Å². The SMILES string of the molecule is CCc1cnnn1-c1ccccc1OC. The van der Waals surface area contributed by atoms with Gasteiger partial charge in [0.1, 0.15) is 11.4 Å². The summed E-state index contributed by atoms with van der Waals surface area (Å²) in [5, 5.41) is 7.95. The molecule has 2 aromatic rings. The molecule has 4 heteroatoms. The molecular formula is C11H13N3O. The number of nitrogens with zero attached hydrogens (tertiary/aromatic N) is 3. The zero-order valence-corrected chi connectivity index (χ0v) is 8.84. The summed E-state index contributed by atoms with van der Waals surface area (Å²) in [4.78, 5) is 0. The Bertz CT molecular complexity index is 451. The molecule has 1 heterocycles. The van der Waals surface area contributed by atoms with E-state index in [9.17, 15) is 0 Å². The van der Waals surface area contributed by atoms with Gasteiger partial charge in [-0.25, -0.2) is 4.68 Å². The average Bonchev–Trinajstić information content (AvgIpc) is 2.76. The minimum Gasteiger partial charge on any atom is -0.494 e. The lowest BCUT2D eigenvalue weighted by Gasteiger charge is -2.09. The van der Waals surface area contributed by atoms with Crippen molar-refractivity contribution >= 4 is 0 Å². The van der Waals surface area contributed by atoms with Crippen LogP contribution in [0.15, 0.2) is 30.5 Å². The van der Waals surface area contributed by atoms with E-state index in [1.807, 2.05) is 24.3 Å². The lowest BCUT2D eigenvalue weighted by Crippen LogP contribution is -2.03. The fourth-order valence-electron chi connectivity index (χ4n) is 1.50. The molecule has 0 N–H and O–H groups in total. The Morgan fingerprint density at radius 3 is 2.87 bits per heavy atom. The van der Waals surface area contributed by atoms with Crippen molar-refractivity contribution in [3.63, 3.8) is 0 Å². The predicted molar refractivity (Wildman–Crippen MR) is 57.3 cm³/mol. The second kappa shape index (κ2) is 4.13. The molecule has 2 rings (SSSR count).